The molecule has 1 fully saturated rings. The highest BCUT2D eigenvalue weighted by Crippen LogP contribution is 2.18. The van der Waals surface area contributed by atoms with E-state index in [2.05, 4.69) is 12.2 Å². The van der Waals surface area contributed by atoms with Gasteiger partial charge in [-0.2, -0.15) is 0 Å². The monoisotopic (exact) mass is 511 g/mol. The Morgan fingerprint density at radius 2 is 1.19 bits per heavy atom. The molecule has 0 heterocycles. The van der Waals surface area contributed by atoms with Gasteiger partial charge in [0, 0.05) is 24.7 Å². The van der Waals surface area contributed by atoms with Crippen LogP contribution < -0.4 is 5.32 Å². The van der Waals surface area contributed by atoms with Crippen LogP contribution in [0, 0.1) is 0 Å². The number of nitrogens with one attached hydrogen (secondary N) is 1. The van der Waals surface area contributed by atoms with Crippen molar-refractivity contribution < 1.29 is 19.1 Å². The number of rotatable bonds is 20. The quantitative estimate of drug-likeness (QED) is 0.0820. The summed E-state index contributed by atoms with van der Waals surface area (Å²) in [6.45, 7) is 2.72. The molecule has 1 aliphatic carbocycles. The lowest BCUT2D eigenvalue weighted by Gasteiger charge is -2.12. The summed E-state index contributed by atoms with van der Waals surface area (Å²) >= 11 is 0. The number of benzene rings is 1. The second kappa shape index (κ2) is 19.7. The molecule has 2 rings (SSSR count). The van der Waals surface area contributed by atoms with E-state index in [4.69, 9.17) is 4.74 Å². The molecule has 5 heteroatoms. The zero-order chi connectivity index (χ0) is 26.6. The largest absolute Gasteiger partial charge is 0.462 e. The molecular formula is C32H49NO4. The number of Topliss-reactive ketones (excluding diaryl/α,β-unsaturated/α-hetero) is 2. The standard InChI is InChI=1S/C32H49NO4/c1-2-3-4-5-6-7-8-9-10-11-12-13-14-15-16-17-25-37-32(36)27-21-23-28(24-22-27)33-26-29-30(34)19-18-20-31(29)35/h21-24,26,33H,2-20,25H2,1H3. The van der Waals surface area contributed by atoms with Gasteiger partial charge in [0.1, 0.15) is 0 Å². The summed E-state index contributed by atoms with van der Waals surface area (Å²) in [6, 6.07) is 6.89. The second-order valence-electron chi connectivity index (χ2n) is 10.4. The molecule has 0 saturated heterocycles. The van der Waals surface area contributed by atoms with Crippen molar-refractivity contribution in [2.24, 2.45) is 0 Å². The number of anilines is 1. The van der Waals surface area contributed by atoms with Crippen LogP contribution in [0.2, 0.25) is 0 Å². The first kappa shape index (κ1) is 30.8. The highest BCUT2D eigenvalue weighted by molar-refractivity contribution is 6.21. The number of ether oxygens (including phenoxy) is 1. The number of allylic oxidation sites excluding steroid dienone is 1. The number of hydrogen-bond acceptors (Lipinski definition) is 5. The van der Waals surface area contributed by atoms with E-state index in [1.54, 1.807) is 24.3 Å². The second-order valence-corrected chi connectivity index (χ2v) is 10.4. The first-order valence-corrected chi connectivity index (χ1v) is 14.9. The molecule has 0 unspecified atom stereocenters. The molecule has 1 aromatic rings. The number of esters is 1. The van der Waals surface area contributed by atoms with Crippen molar-refractivity contribution in [1.29, 1.82) is 0 Å². The van der Waals surface area contributed by atoms with Gasteiger partial charge in [0.15, 0.2) is 11.6 Å². The molecule has 1 aliphatic rings. The Balaban J connectivity index is 1.44. The van der Waals surface area contributed by atoms with Crippen molar-refractivity contribution >= 4 is 23.2 Å². The third-order valence-corrected chi connectivity index (χ3v) is 7.14. The minimum atomic E-state index is -0.316. The Morgan fingerprint density at radius 1 is 0.730 bits per heavy atom. The molecule has 0 aliphatic heterocycles. The van der Waals surface area contributed by atoms with Gasteiger partial charge in [0.25, 0.3) is 0 Å². The van der Waals surface area contributed by atoms with Crippen LogP contribution in [0.1, 0.15) is 139 Å². The van der Waals surface area contributed by atoms with Crippen molar-refractivity contribution in [3.05, 3.63) is 41.6 Å². The Hall–Kier alpha value is -2.43. The van der Waals surface area contributed by atoms with Crippen LogP contribution in [-0.2, 0) is 14.3 Å². The lowest BCUT2D eigenvalue weighted by Crippen LogP contribution is -2.19. The average molecular weight is 512 g/mol. The maximum Gasteiger partial charge on any atom is 0.338 e. The smallest absolute Gasteiger partial charge is 0.338 e. The summed E-state index contributed by atoms with van der Waals surface area (Å²) in [7, 11) is 0. The van der Waals surface area contributed by atoms with E-state index in [1.807, 2.05) is 0 Å². The fourth-order valence-corrected chi connectivity index (χ4v) is 4.75. The van der Waals surface area contributed by atoms with Crippen LogP contribution in [0.5, 0.6) is 0 Å². The van der Waals surface area contributed by atoms with Gasteiger partial charge in [0.05, 0.1) is 17.7 Å². The predicted molar refractivity (Wildman–Crippen MR) is 152 cm³/mol. The van der Waals surface area contributed by atoms with Crippen LogP contribution in [0.15, 0.2) is 36.0 Å². The maximum atomic E-state index is 12.3. The minimum Gasteiger partial charge on any atom is -0.462 e. The van der Waals surface area contributed by atoms with Gasteiger partial charge in [0.2, 0.25) is 0 Å². The molecule has 37 heavy (non-hydrogen) atoms. The summed E-state index contributed by atoms with van der Waals surface area (Å²) < 4.78 is 5.41. The number of carbonyl (C=O) groups is 3. The zero-order valence-corrected chi connectivity index (χ0v) is 23.2. The molecule has 1 saturated carbocycles. The van der Waals surface area contributed by atoms with E-state index < -0.39 is 0 Å². The first-order valence-electron chi connectivity index (χ1n) is 14.9. The Bertz CT molecular complexity index is 810. The van der Waals surface area contributed by atoms with Gasteiger partial charge in [-0.15, -0.1) is 0 Å². The molecule has 5 nitrogen and oxygen atoms in total. The summed E-state index contributed by atoms with van der Waals surface area (Å²) in [6.07, 6.45) is 24.1. The summed E-state index contributed by atoms with van der Waals surface area (Å²) in [5.74, 6) is -0.542. The summed E-state index contributed by atoms with van der Waals surface area (Å²) in [5, 5.41) is 2.99. The van der Waals surface area contributed by atoms with Crippen LogP contribution in [0.3, 0.4) is 0 Å². The third kappa shape index (κ3) is 13.6. The number of carbonyl (C=O) groups excluding carboxylic acids is 3. The molecule has 0 spiro atoms. The van der Waals surface area contributed by atoms with E-state index in [9.17, 15) is 14.4 Å². The summed E-state index contributed by atoms with van der Waals surface area (Å²) in [4.78, 5) is 36.0. The Morgan fingerprint density at radius 3 is 1.68 bits per heavy atom. The topological polar surface area (TPSA) is 72.5 Å². The molecule has 0 radical (unpaired) electrons. The molecule has 1 aromatic carbocycles. The van der Waals surface area contributed by atoms with Gasteiger partial charge in [-0.05, 0) is 37.1 Å². The van der Waals surface area contributed by atoms with Crippen molar-refractivity contribution in [3.8, 4) is 0 Å². The van der Waals surface area contributed by atoms with E-state index >= 15 is 0 Å². The van der Waals surface area contributed by atoms with Crippen LogP contribution in [-0.4, -0.2) is 24.1 Å². The lowest BCUT2D eigenvalue weighted by atomic mass is 9.93. The van der Waals surface area contributed by atoms with Gasteiger partial charge < -0.3 is 10.1 Å². The average Bonchev–Trinajstić information content (AvgIpc) is 2.90. The highest BCUT2D eigenvalue weighted by Gasteiger charge is 2.22. The van der Waals surface area contributed by atoms with Gasteiger partial charge in [-0.3, -0.25) is 9.59 Å². The molecule has 0 bridgehead atoms. The number of ketones is 2. The highest BCUT2D eigenvalue weighted by atomic mass is 16.5. The molecule has 0 amide bonds. The Kier molecular flexibility index (Phi) is 16.4. The molecule has 0 atom stereocenters. The van der Waals surface area contributed by atoms with Crippen molar-refractivity contribution in [2.75, 3.05) is 11.9 Å². The van der Waals surface area contributed by atoms with Crippen molar-refractivity contribution in [2.45, 2.75) is 129 Å². The van der Waals surface area contributed by atoms with E-state index in [0.717, 1.165) is 12.8 Å². The van der Waals surface area contributed by atoms with Gasteiger partial charge in [-0.25, -0.2) is 4.79 Å². The fraction of sp³-hybridized carbons (Fsp3) is 0.656. The van der Waals surface area contributed by atoms with Gasteiger partial charge >= 0.3 is 5.97 Å². The molecule has 0 aromatic heterocycles. The van der Waals surface area contributed by atoms with Crippen LogP contribution >= 0.6 is 0 Å². The molecular weight excluding hydrogens is 462 g/mol. The number of unbranched alkanes of at least 4 members (excludes halogenated alkanes) is 15. The third-order valence-electron chi connectivity index (χ3n) is 7.14. The normalized spacial score (nSPS) is 13.6. The van der Waals surface area contributed by atoms with E-state index in [1.165, 1.54) is 96.1 Å². The van der Waals surface area contributed by atoms with Crippen LogP contribution in [0.4, 0.5) is 5.69 Å². The minimum absolute atomic E-state index is 0.113. The maximum absolute atomic E-state index is 12.3. The Labute approximate surface area is 224 Å². The predicted octanol–water partition coefficient (Wildman–Crippen LogP) is 8.72. The number of hydrogen-bond donors (Lipinski definition) is 1. The van der Waals surface area contributed by atoms with Crippen LogP contribution in [0.25, 0.3) is 0 Å². The van der Waals surface area contributed by atoms with Crippen molar-refractivity contribution in [1.82, 2.24) is 0 Å². The van der Waals surface area contributed by atoms with E-state index in [0.29, 0.717) is 37.1 Å². The summed E-state index contributed by atoms with van der Waals surface area (Å²) in [5.41, 5.74) is 1.45. The lowest BCUT2D eigenvalue weighted by molar-refractivity contribution is -0.123. The zero-order valence-electron chi connectivity index (χ0n) is 23.2. The first-order chi connectivity index (χ1) is 18.1. The van der Waals surface area contributed by atoms with E-state index in [-0.39, 0.29) is 23.1 Å². The van der Waals surface area contributed by atoms with Gasteiger partial charge in [-0.1, -0.05) is 103 Å². The SMILES string of the molecule is CCCCCCCCCCCCCCCCCCOC(=O)c1ccc(NC=C2C(=O)CCCC2=O)cc1. The van der Waals surface area contributed by atoms with Crippen molar-refractivity contribution in [3.63, 3.8) is 0 Å². The molecule has 1 N–H and O–H groups in total. The molecule has 206 valence electrons. The fourth-order valence-electron chi connectivity index (χ4n) is 4.75.